The Morgan fingerprint density at radius 1 is 1.43 bits per heavy atom. The van der Waals surface area contributed by atoms with Crippen molar-refractivity contribution in [2.75, 3.05) is 23.0 Å². The fourth-order valence-corrected chi connectivity index (χ4v) is 8.22. The minimum absolute atomic E-state index is 0.00894. The summed E-state index contributed by atoms with van der Waals surface area (Å²) >= 11 is 2.91. The second-order valence-electron chi connectivity index (χ2n) is 8.16. The van der Waals surface area contributed by atoms with Crippen LogP contribution in [0, 0.1) is 5.92 Å². The van der Waals surface area contributed by atoms with E-state index in [-0.39, 0.29) is 23.2 Å². The molecule has 3 heterocycles. The molecule has 2 aliphatic rings. The topological polar surface area (TPSA) is 115 Å². The Kier molecular flexibility index (Phi) is 5.08. The first-order valence-electron chi connectivity index (χ1n) is 9.36. The fraction of sp³-hybridized carbons (Fsp3) is 0.611. The fourth-order valence-electron chi connectivity index (χ4n) is 4.03. The number of sulfone groups is 1. The Bertz CT molecular complexity index is 1050. The van der Waals surface area contributed by atoms with E-state index in [9.17, 15) is 13.2 Å². The van der Waals surface area contributed by atoms with E-state index in [2.05, 4.69) is 22.2 Å². The van der Waals surface area contributed by atoms with Crippen molar-refractivity contribution >= 4 is 54.9 Å². The van der Waals surface area contributed by atoms with Crippen molar-refractivity contribution in [3.05, 3.63) is 10.4 Å². The van der Waals surface area contributed by atoms with Crippen molar-refractivity contribution in [1.29, 1.82) is 0 Å². The van der Waals surface area contributed by atoms with Crippen LogP contribution in [-0.2, 0) is 27.5 Å². The number of thiophene rings is 1. The van der Waals surface area contributed by atoms with Gasteiger partial charge in [-0.15, -0.1) is 11.3 Å². The molecule has 1 saturated heterocycles. The van der Waals surface area contributed by atoms with Gasteiger partial charge < -0.3 is 11.1 Å². The van der Waals surface area contributed by atoms with Gasteiger partial charge in [0.05, 0.1) is 28.2 Å². The van der Waals surface area contributed by atoms with Crippen molar-refractivity contribution in [3.8, 4) is 0 Å². The number of carbonyl (C=O) groups excluding carboxylic acids is 1. The van der Waals surface area contributed by atoms with E-state index in [0.717, 1.165) is 29.5 Å². The molecule has 2 aromatic rings. The molecular formula is C18H24N4O3S3. The molecule has 1 amide bonds. The smallest absolute Gasteiger partial charge is 0.230 e. The van der Waals surface area contributed by atoms with Gasteiger partial charge in [0, 0.05) is 4.88 Å². The Labute approximate surface area is 172 Å². The third-order valence-corrected chi connectivity index (χ3v) is 9.34. The van der Waals surface area contributed by atoms with Gasteiger partial charge in [0.25, 0.3) is 0 Å². The van der Waals surface area contributed by atoms with Crippen LogP contribution in [0.1, 0.15) is 37.1 Å². The number of nitrogens with two attached hydrogens (primary N) is 1. The summed E-state index contributed by atoms with van der Waals surface area (Å²) in [7, 11) is -3.06. The lowest BCUT2D eigenvalue weighted by atomic mass is 9.89. The predicted molar refractivity (Wildman–Crippen MR) is 114 cm³/mol. The highest BCUT2D eigenvalue weighted by Gasteiger charge is 2.39. The molecule has 0 bridgehead atoms. The summed E-state index contributed by atoms with van der Waals surface area (Å²) in [6, 6.07) is 0. The monoisotopic (exact) mass is 440 g/mol. The van der Waals surface area contributed by atoms with Crippen molar-refractivity contribution in [2.45, 2.75) is 50.2 Å². The van der Waals surface area contributed by atoms with Crippen LogP contribution >= 0.6 is 23.1 Å². The van der Waals surface area contributed by atoms with Crippen molar-refractivity contribution in [2.24, 2.45) is 5.92 Å². The number of nitrogen functional groups attached to an aromatic ring is 1. The minimum Gasteiger partial charge on any atom is -0.383 e. The maximum absolute atomic E-state index is 12.3. The third-order valence-electron chi connectivity index (χ3n) is 5.44. The quantitative estimate of drug-likeness (QED) is 0.553. The third kappa shape index (κ3) is 3.99. The zero-order valence-corrected chi connectivity index (χ0v) is 18.4. The Morgan fingerprint density at radius 3 is 2.93 bits per heavy atom. The molecule has 0 saturated carbocycles. The number of carbonyl (C=O) groups is 1. The van der Waals surface area contributed by atoms with E-state index in [4.69, 9.17) is 5.73 Å². The number of thioether (sulfide) groups is 1. The molecule has 2 atom stereocenters. The first-order valence-corrected chi connectivity index (χ1v) is 13.0. The Hall–Kier alpha value is -1.39. The summed E-state index contributed by atoms with van der Waals surface area (Å²) in [6.07, 6.45) is 3.67. The summed E-state index contributed by atoms with van der Waals surface area (Å²) in [5, 5.41) is 4.31. The lowest BCUT2D eigenvalue weighted by Crippen LogP contribution is -2.47. The van der Waals surface area contributed by atoms with Crippen LogP contribution < -0.4 is 11.1 Å². The standard InChI is InChI=1S/C18H24N4O3S3/c1-10-3-4-11-12(7-10)27-16-14(11)15(19)20-17(21-16)26-8-13(23)22-18(2)5-6-28(24,25)9-18/h10H,3-9H2,1-2H3,(H,22,23)(H2,19,20,21). The van der Waals surface area contributed by atoms with Gasteiger partial charge >= 0.3 is 0 Å². The number of anilines is 1. The number of nitrogens with zero attached hydrogens (tertiary/aromatic N) is 2. The average molecular weight is 441 g/mol. The predicted octanol–water partition coefficient (Wildman–Crippen LogP) is 2.18. The number of hydrogen-bond donors (Lipinski definition) is 2. The Morgan fingerprint density at radius 2 is 2.21 bits per heavy atom. The molecule has 0 spiro atoms. The average Bonchev–Trinajstić information content (AvgIpc) is 3.08. The summed E-state index contributed by atoms with van der Waals surface area (Å²) in [5.74, 6) is 1.18. The summed E-state index contributed by atoms with van der Waals surface area (Å²) < 4.78 is 23.4. The van der Waals surface area contributed by atoms with Gasteiger partial charge in [-0.25, -0.2) is 18.4 Å². The number of amides is 1. The number of hydrogen-bond acceptors (Lipinski definition) is 8. The van der Waals surface area contributed by atoms with Crippen LogP contribution in [0.15, 0.2) is 5.16 Å². The molecule has 1 aliphatic carbocycles. The number of aryl methyl sites for hydroxylation is 1. The van der Waals surface area contributed by atoms with Gasteiger partial charge in [-0.1, -0.05) is 18.7 Å². The summed E-state index contributed by atoms with van der Waals surface area (Å²) in [4.78, 5) is 23.6. The molecule has 0 radical (unpaired) electrons. The lowest BCUT2D eigenvalue weighted by Gasteiger charge is -2.23. The highest BCUT2D eigenvalue weighted by molar-refractivity contribution is 7.99. The highest BCUT2D eigenvalue weighted by Crippen LogP contribution is 2.39. The molecule has 0 aromatic carbocycles. The van der Waals surface area contributed by atoms with Gasteiger partial charge in [-0.05, 0) is 44.1 Å². The normalized spacial score (nSPS) is 26.3. The summed E-state index contributed by atoms with van der Waals surface area (Å²) in [6.45, 7) is 4.04. The van der Waals surface area contributed by atoms with Crippen molar-refractivity contribution in [3.63, 3.8) is 0 Å². The first kappa shape index (κ1) is 19.9. The minimum atomic E-state index is -3.06. The van der Waals surface area contributed by atoms with Crippen LogP contribution in [0.5, 0.6) is 0 Å². The second-order valence-corrected chi connectivity index (χ2v) is 12.4. The maximum Gasteiger partial charge on any atom is 0.230 e. The molecule has 4 rings (SSSR count). The van der Waals surface area contributed by atoms with Crippen LogP contribution in [0.3, 0.4) is 0 Å². The first-order chi connectivity index (χ1) is 13.1. The Balaban J connectivity index is 1.46. The molecule has 10 heteroatoms. The van der Waals surface area contributed by atoms with Crippen LogP contribution in [-0.4, -0.2) is 47.1 Å². The summed E-state index contributed by atoms with van der Waals surface area (Å²) in [5.41, 5.74) is 6.83. The van der Waals surface area contributed by atoms with Gasteiger partial charge in [-0.2, -0.15) is 0 Å². The van der Waals surface area contributed by atoms with Gasteiger partial charge in [0.1, 0.15) is 10.6 Å². The van der Waals surface area contributed by atoms with E-state index in [1.54, 1.807) is 18.3 Å². The largest absolute Gasteiger partial charge is 0.383 e. The van der Waals surface area contributed by atoms with Gasteiger partial charge in [0.2, 0.25) is 5.91 Å². The molecule has 3 N–H and O–H groups in total. The van der Waals surface area contributed by atoms with Crippen LogP contribution in [0.2, 0.25) is 0 Å². The van der Waals surface area contributed by atoms with Crippen LogP contribution in [0.4, 0.5) is 5.82 Å². The molecule has 28 heavy (non-hydrogen) atoms. The molecule has 152 valence electrons. The van der Waals surface area contributed by atoms with Crippen molar-refractivity contribution in [1.82, 2.24) is 15.3 Å². The van der Waals surface area contributed by atoms with E-state index in [1.165, 1.54) is 22.2 Å². The van der Waals surface area contributed by atoms with E-state index < -0.39 is 15.4 Å². The SMILES string of the molecule is CC1CCc2c(sc3nc(SCC(=O)NC4(C)CCS(=O)(=O)C4)nc(N)c23)C1. The zero-order chi connectivity index (χ0) is 20.1. The highest BCUT2D eigenvalue weighted by atomic mass is 32.2. The van der Waals surface area contributed by atoms with Crippen molar-refractivity contribution < 1.29 is 13.2 Å². The zero-order valence-electron chi connectivity index (χ0n) is 15.9. The molecule has 1 fully saturated rings. The molecule has 2 aromatic heterocycles. The number of aromatic nitrogens is 2. The molecule has 7 nitrogen and oxygen atoms in total. The lowest BCUT2D eigenvalue weighted by molar-refractivity contribution is -0.120. The molecule has 2 unspecified atom stereocenters. The van der Waals surface area contributed by atoms with Gasteiger partial charge in [-0.3, -0.25) is 4.79 Å². The molecule has 1 aliphatic heterocycles. The number of rotatable bonds is 4. The van der Waals surface area contributed by atoms with E-state index >= 15 is 0 Å². The van der Waals surface area contributed by atoms with E-state index in [0.29, 0.717) is 23.3 Å². The maximum atomic E-state index is 12.3. The molecular weight excluding hydrogens is 416 g/mol. The van der Waals surface area contributed by atoms with Crippen LogP contribution in [0.25, 0.3) is 10.2 Å². The van der Waals surface area contributed by atoms with Gasteiger partial charge in [0.15, 0.2) is 15.0 Å². The number of nitrogens with one attached hydrogen (secondary N) is 1. The van der Waals surface area contributed by atoms with E-state index in [1.807, 2.05) is 0 Å². The number of fused-ring (bicyclic) bond motifs is 3. The second kappa shape index (κ2) is 7.14.